The van der Waals surface area contributed by atoms with Crippen molar-refractivity contribution in [2.24, 2.45) is 11.7 Å². The molecule has 0 unspecified atom stereocenters. The van der Waals surface area contributed by atoms with E-state index in [0.29, 0.717) is 0 Å². The van der Waals surface area contributed by atoms with Crippen LogP contribution in [0, 0.1) is 5.92 Å². The van der Waals surface area contributed by atoms with Gasteiger partial charge >= 0.3 is 5.97 Å². The molecular weight excluding hydrogens is 192 g/mol. The number of likely N-dealkylation sites (tertiary alicyclic amines) is 1. The molecule has 4 nitrogen and oxygen atoms in total. The van der Waals surface area contributed by atoms with Crippen molar-refractivity contribution in [3.05, 3.63) is 0 Å². The van der Waals surface area contributed by atoms with Crippen LogP contribution >= 0.6 is 0 Å². The van der Waals surface area contributed by atoms with Gasteiger partial charge in [-0.15, -0.1) is 0 Å². The predicted octanol–water partition coefficient (Wildman–Crippen LogP) is 1.16. The van der Waals surface area contributed by atoms with Gasteiger partial charge in [-0.1, -0.05) is 13.8 Å². The van der Waals surface area contributed by atoms with Crippen molar-refractivity contribution in [2.45, 2.75) is 33.1 Å². The second-order valence-electron chi connectivity index (χ2n) is 3.69. The first kappa shape index (κ1) is 14.4. The van der Waals surface area contributed by atoms with Crippen LogP contribution in [-0.4, -0.2) is 42.2 Å². The summed E-state index contributed by atoms with van der Waals surface area (Å²) in [5, 5.41) is 8.57. The molecule has 1 aliphatic heterocycles. The molecule has 0 aromatic rings. The largest absolute Gasteiger partial charge is 0.480 e. The van der Waals surface area contributed by atoms with Crippen molar-refractivity contribution >= 4 is 5.97 Å². The van der Waals surface area contributed by atoms with E-state index >= 15 is 0 Å². The minimum absolute atomic E-state index is 0.190. The number of nitrogens with two attached hydrogens (primary N) is 1. The predicted molar refractivity (Wildman–Crippen MR) is 61.8 cm³/mol. The molecule has 0 atom stereocenters. The van der Waals surface area contributed by atoms with Crippen molar-refractivity contribution in [2.75, 3.05) is 26.2 Å². The van der Waals surface area contributed by atoms with Crippen LogP contribution in [-0.2, 0) is 4.79 Å². The van der Waals surface area contributed by atoms with E-state index in [2.05, 4.69) is 0 Å². The molecule has 1 rings (SSSR count). The summed E-state index contributed by atoms with van der Waals surface area (Å²) in [6, 6.07) is 0. The lowest BCUT2D eigenvalue weighted by molar-refractivity contribution is -0.138. The molecule has 4 heteroatoms. The monoisotopic (exact) mass is 216 g/mol. The minimum atomic E-state index is -0.725. The summed E-state index contributed by atoms with van der Waals surface area (Å²) in [4.78, 5) is 12.4. The number of aliphatic carboxylic acids is 1. The van der Waals surface area contributed by atoms with Crippen LogP contribution in [0.3, 0.4) is 0 Å². The summed E-state index contributed by atoms with van der Waals surface area (Å²) in [5.74, 6) is -0.00711. The third-order valence-corrected chi connectivity index (χ3v) is 2.64. The van der Waals surface area contributed by atoms with Gasteiger partial charge in [0.1, 0.15) is 0 Å². The highest BCUT2D eigenvalue weighted by Gasteiger charge is 2.19. The van der Waals surface area contributed by atoms with Crippen molar-refractivity contribution in [1.82, 2.24) is 4.90 Å². The van der Waals surface area contributed by atoms with E-state index in [-0.39, 0.29) is 6.54 Å². The van der Waals surface area contributed by atoms with Crippen molar-refractivity contribution in [1.29, 1.82) is 0 Å². The zero-order chi connectivity index (χ0) is 11.7. The first-order valence-electron chi connectivity index (χ1n) is 5.86. The summed E-state index contributed by atoms with van der Waals surface area (Å²) < 4.78 is 0. The Balaban J connectivity index is 0.000000921. The zero-order valence-electron chi connectivity index (χ0n) is 9.91. The smallest absolute Gasteiger partial charge is 0.317 e. The third kappa shape index (κ3) is 6.47. The number of hydrogen-bond acceptors (Lipinski definition) is 3. The summed E-state index contributed by atoms with van der Waals surface area (Å²) >= 11 is 0. The Morgan fingerprint density at radius 3 is 2.33 bits per heavy atom. The van der Waals surface area contributed by atoms with Gasteiger partial charge in [0.25, 0.3) is 0 Å². The van der Waals surface area contributed by atoms with E-state index in [4.69, 9.17) is 10.8 Å². The molecule has 90 valence electrons. The molecule has 0 amide bonds. The molecule has 0 bridgehead atoms. The average molecular weight is 216 g/mol. The number of carboxylic acid groups (broad SMARTS) is 1. The Morgan fingerprint density at radius 1 is 1.40 bits per heavy atom. The van der Waals surface area contributed by atoms with Crippen molar-refractivity contribution in [3.63, 3.8) is 0 Å². The van der Waals surface area contributed by atoms with Crippen LogP contribution in [0.15, 0.2) is 0 Å². The molecular formula is C11H24N2O2. The molecule has 1 saturated heterocycles. The third-order valence-electron chi connectivity index (χ3n) is 2.64. The Bertz CT molecular complexity index is 166. The molecule has 15 heavy (non-hydrogen) atoms. The van der Waals surface area contributed by atoms with E-state index in [1.165, 1.54) is 0 Å². The van der Waals surface area contributed by atoms with Gasteiger partial charge in [-0.3, -0.25) is 9.69 Å². The molecule has 0 aromatic carbocycles. The van der Waals surface area contributed by atoms with E-state index in [1.54, 1.807) is 0 Å². The van der Waals surface area contributed by atoms with Crippen molar-refractivity contribution in [3.8, 4) is 0 Å². The second kappa shape index (κ2) is 8.68. The highest BCUT2D eigenvalue weighted by Crippen LogP contribution is 2.19. The molecule has 0 aromatic heterocycles. The Morgan fingerprint density at radius 2 is 1.93 bits per heavy atom. The van der Waals surface area contributed by atoms with E-state index in [9.17, 15) is 4.79 Å². The number of piperidine rings is 1. The van der Waals surface area contributed by atoms with Gasteiger partial charge in [0.05, 0.1) is 6.54 Å². The van der Waals surface area contributed by atoms with Gasteiger partial charge < -0.3 is 10.8 Å². The second-order valence-corrected chi connectivity index (χ2v) is 3.69. The molecule has 0 saturated carbocycles. The molecule has 1 aliphatic rings. The number of nitrogens with zero attached hydrogens (tertiary/aromatic N) is 1. The summed E-state index contributed by atoms with van der Waals surface area (Å²) in [6.07, 6.45) is 3.29. The van der Waals surface area contributed by atoms with E-state index < -0.39 is 5.97 Å². The van der Waals surface area contributed by atoms with Crippen LogP contribution in [0.1, 0.15) is 33.1 Å². The average Bonchev–Trinajstić information content (AvgIpc) is 2.24. The number of carbonyl (C=O) groups is 1. The van der Waals surface area contributed by atoms with Crippen molar-refractivity contribution < 1.29 is 9.90 Å². The summed E-state index contributed by atoms with van der Waals surface area (Å²) in [5.41, 5.74) is 5.47. The van der Waals surface area contributed by atoms with Gasteiger partial charge in [0.2, 0.25) is 0 Å². The minimum Gasteiger partial charge on any atom is -0.480 e. The van der Waals surface area contributed by atoms with Crippen LogP contribution in [0.2, 0.25) is 0 Å². The summed E-state index contributed by atoms with van der Waals surface area (Å²) in [7, 11) is 0. The number of hydrogen-bond donors (Lipinski definition) is 2. The molecule has 0 aliphatic carbocycles. The van der Waals surface area contributed by atoms with Gasteiger partial charge in [-0.25, -0.2) is 0 Å². The lowest BCUT2D eigenvalue weighted by Gasteiger charge is -2.30. The fourth-order valence-corrected chi connectivity index (χ4v) is 1.86. The Hall–Kier alpha value is -0.610. The van der Waals surface area contributed by atoms with Crippen LogP contribution in [0.4, 0.5) is 0 Å². The number of rotatable bonds is 4. The molecule has 1 heterocycles. The van der Waals surface area contributed by atoms with Gasteiger partial charge in [-0.05, 0) is 44.8 Å². The van der Waals surface area contributed by atoms with Gasteiger partial charge in [0.15, 0.2) is 0 Å². The first-order chi connectivity index (χ1) is 7.22. The molecule has 1 fully saturated rings. The maximum Gasteiger partial charge on any atom is 0.317 e. The lowest BCUT2D eigenvalue weighted by atomic mass is 9.94. The van der Waals surface area contributed by atoms with E-state index in [0.717, 1.165) is 44.8 Å². The molecule has 3 N–H and O–H groups in total. The van der Waals surface area contributed by atoms with Gasteiger partial charge in [-0.2, -0.15) is 0 Å². The fraction of sp³-hybridized carbons (Fsp3) is 0.909. The first-order valence-corrected chi connectivity index (χ1v) is 5.86. The highest BCUT2D eigenvalue weighted by atomic mass is 16.4. The lowest BCUT2D eigenvalue weighted by Crippen LogP contribution is -2.37. The topological polar surface area (TPSA) is 66.6 Å². The number of carboxylic acids is 1. The molecule has 0 spiro atoms. The quantitative estimate of drug-likeness (QED) is 0.740. The Labute approximate surface area is 92.4 Å². The standard InChI is InChI=1S/C9H18N2O2.C2H6/c10-4-1-8-2-5-11(6-3-8)7-9(12)13;1-2/h8H,1-7,10H2,(H,12,13);1-2H3. The van der Waals surface area contributed by atoms with Crippen LogP contribution < -0.4 is 5.73 Å². The van der Waals surface area contributed by atoms with Gasteiger partial charge in [0, 0.05) is 0 Å². The normalized spacial score (nSPS) is 18.1. The zero-order valence-corrected chi connectivity index (χ0v) is 9.91. The van der Waals surface area contributed by atoms with Crippen LogP contribution in [0.25, 0.3) is 0 Å². The van der Waals surface area contributed by atoms with E-state index in [1.807, 2.05) is 18.7 Å². The maximum absolute atomic E-state index is 10.4. The highest BCUT2D eigenvalue weighted by molar-refractivity contribution is 5.69. The Kier molecular flexibility index (Phi) is 8.33. The molecule has 0 radical (unpaired) electrons. The maximum atomic E-state index is 10.4. The SMILES string of the molecule is CC.NCCC1CCN(CC(=O)O)CC1. The van der Waals surface area contributed by atoms with Crippen LogP contribution in [0.5, 0.6) is 0 Å². The fourth-order valence-electron chi connectivity index (χ4n) is 1.86. The summed E-state index contributed by atoms with van der Waals surface area (Å²) in [6.45, 7) is 6.77.